The highest BCUT2D eigenvalue weighted by Gasteiger charge is 2.00. The molecule has 0 aliphatic carbocycles. The maximum atomic E-state index is 9.53. The Balaban J connectivity index is 2.97. The first-order valence-electron chi connectivity index (χ1n) is 4.50. The third-order valence-electron chi connectivity index (χ3n) is 1.94. The van der Waals surface area contributed by atoms with E-state index in [9.17, 15) is 5.11 Å². The number of phenolic OH excluding ortho intramolecular Hbond substituents is 1. The van der Waals surface area contributed by atoms with Crippen LogP contribution in [0.25, 0.3) is 0 Å². The average Bonchev–Trinajstić information content (AvgIpc) is 2.14. The fourth-order valence-corrected chi connectivity index (χ4v) is 1.33. The third-order valence-corrected chi connectivity index (χ3v) is 2.13. The maximum Gasteiger partial charge on any atom is 0.121 e. The molecule has 74 valence electrons. The van der Waals surface area contributed by atoms with Crippen LogP contribution in [0, 0.1) is 25.7 Å². The normalized spacial score (nSPS) is 9.36. The van der Waals surface area contributed by atoms with Crippen LogP contribution < -0.4 is 0 Å². The molecule has 14 heavy (non-hydrogen) atoms. The lowest BCUT2D eigenvalue weighted by Crippen LogP contribution is -1.84. The van der Waals surface area contributed by atoms with Crippen LogP contribution in [0.2, 0.25) is 0 Å². The summed E-state index contributed by atoms with van der Waals surface area (Å²) in [7, 11) is 0. The number of hydrogen-bond donors (Lipinski definition) is 1. The molecule has 0 aliphatic heterocycles. The summed E-state index contributed by atoms with van der Waals surface area (Å²) in [4.78, 5) is 0. The number of phenols is 1. The Morgan fingerprint density at radius 2 is 1.86 bits per heavy atom. The Bertz CT molecular complexity index is 362. The van der Waals surface area contributed by atoms with Gasteiger partial charge in [-0.05, 0) is 37.1 Å². The van der Waals surface area contributed by atoms with Gasteiger partial charge in [-0.1, -0.05) is 11.8 Å². The van der Waals surface area contributed by atoms with E-state index in [1.165, 1.54) is 0 Å². The van der Waals surface area contributed by atoms with Crippen molar-refractivity contribution in [3.63, 3.8) is 0 Å². The summed E-state index contributed by atoms with van der Waals surface area (Å²) >= 11 is 5.51. The summed E-state index contributed by atoms with van der Waals surface area (Å²) in [6, 6.07) is 3.76. The minimum absolute atomic E-state index is 0.355. The van der Waals surface area contributed by atoms with Gasteiger partial charge in [0.2, 0.25) is 0 Å². The standard InChI is InChI=1S/C12H13ClO/c1-9-7-11(5-3-4-6-13)8-10(2)12(9)14/h7-8,14H,4,6H2,1-2H3. The molecule has 0 saturated carbocycles. The lowest BCUT2D eigenvalue weighted by Gasteiger charge is -2.03. The molecule has 0 radical (unpaired) electrons. The predicted molar refractivity (Wildman–Crippen MR) is 59.8 cm³/mol. The lowest BCUT2D eigenvalue weighted by molar-refractivity contribution is 0.467. The summed E-state index contributed by atoms with van der Waals surface area (Å²) in [6.45, 7) is 3.74. The number of alkyl halides is 1. The van der Waals surface area contributed by atoms with Crippen LogP contribution in [0.15, 0.2) is 12.1 Å². The lowest BCUT2D eigenvalue weighted by atomic mass is 10.1. The first-order valence-corrected chi connectivity index (χ1v) is 5.03. The van der Waals surface area contributed by atoms with E-state index in [0.29, 0.717) is 18.1 Å². The molecule has 1 aromatic carbocycles. The number of rotatable bonds is 1. The van der Waals surface area contributed by atoms with Gasteiger partial charge in [0.1, 0.15) is 5.75 Å². The van der Waals surface area contributed by atoms with Crippen molar-refractivity contribution in [1.82, 2.24) is 0 Å². The summed E-state index contributed by atoms with van der Waals surface area (Å²) in [6.07, 6.45) is 0.695. The molecule has 0 amide bonds. The van der Waals surface area contributed by atoms with Crippen molar-refractivity contribution in [1.29, 1.82) is 0 Å². The van der Waals surface area contributed by atoms with E-state index in [2.05, 4.69) is 11.8 Å². The van der Waals surface area contributed by atoms with Crippen LogP contribution >= 0.6 is 11.6 Å². The van der Waals surface area contributed by atoms with Crippen molar-refractivity contribution in [3.8, 4) is 17.6 Å². The highest BCUT2D eigenvalue weighted by atomic mass is 35.5. The molecule has 0 saturated heterocycles. The zero-order chi connectivity index (χ0) is 10.6. The second kappa shape index (κ2) is 4.93. The van der Waals surface area contributed by atoms with Crippen molar-refractivity contribution in [2.45, 2.75) is 20.3 Å². The van der Waals surface area contributed by atoms with Gasteiger partial charge in [-0.2, -0.15) is 0 Å². The maximum absolute atomic E-state index is 9.53. The summed E-state index contributed by atoms with van der Waals surface area (Å²) in [5.41, 5.74) is 2.66. The van der Waals surface area contributed by atoms with Gasteiger partial charge in [0.25, 0.3) is 0 Å². The zero-order valence-electron chi connectivity index (χ0n) is 8.39. The van der Waals surface area contributed by atoms with Crippen LogP contribution in [0.3, 0.4) is 0 Å². The highest BCUT2D eigenvalue weighted by Crippen LogP contribution is 2.22. The molecular weight excluding hydrogens is 196 g/mol. The van der Waals surface area contributed by atoms with Crippen molar-refractivity contribution < 1.29 is 5.11 Å². The van der Waals surface area contributed by atoms with Gasteiger partial charge >= 0.3 is 0 Å². The second-order valence-corrected chi connectivity index (χ2v) is 3.58. The van der Waals surface area contributed by atoms with Crippen LogP contribution in [0.1, 0.15) is 23.1 Å². The average molecular weight is 209 g/mol. The molecule has 0 atom stereocenters. The molecule has 0 heterocycles. The first kappa shape index (κ1) is 10.9. The number of halogens is 1. The first-order chi connectivity index (χ1) is 6.65. The molecular formula is C12H13ClO. The largest absolute Gasteiger partial charge is 0.507 e. The fraction of sp³-hybridized carbons (Fsp3) is 0.333. The Morgan fingerprint density at radius 1 is 1.29 bits per heavy atom. The van der Waals surface area contributed by atoms with Gasteiger partial charge in [0, 0.05) is 17.9 Å². The van der Waals surface area contributed by atoms with Crippen LogP contribution in [0.5, 0.6) is 5.75 Å². The smallest absolute Gasteiger partial charge is 0.121 e. The van der Waals surface area contributed by atoms with Crippen LogP contribution in [-0.2, 0) is 0 Å². The Labute approximate surface area is 89.7 Å². The minimum Gasteiger partial charge on any atom is -0.507 e. The van der Waals surface area contributed by atoms with Crippen molar-refractivity contribution in [2.75, 3.05) is 5.88 Å². The molecule has 0 aliphatic rings. The van der Waals surface area contributed by atoms with E-state index in [1.54, 1.807) is 0 Å². The van der Waals surface area contributed by atoms with Gasteiger partial charge in [-0.15, -0.1) is 11.6 Å². The molecule has 0 aromatic heterocycles. The predicted octanol–water partition coefficient (Wildman–Crippen LogP) is 2.99. The Kier molecular flexibility index (Phi) is 3.85. The van der Waals surface area contributed by atoms with Crippen LogP contribution in [-0.4, -0.2) is 11.0 Å². The molecule has 1 rings (SSSR count). The van der Waals surface area contributed by atoms with E-state index < -0.39 is 0 Å². The monoisotopic (exact) mass is 208 g/mol. The van der Waals surface area contributed by atoms with Gasteiger partial charge in [-0.25, -0.2) is 0 Å². The number of aromatic hydroxyl groups is 1. The summed E-state index contributed by atoms with van der Waals surface area (Å²) < 4.78 is 0. The van der Waals surface area contributed by atoms with E-state index in [0.717, 1.165) is 16.7 Å². The Hall–Kier alpha value is -1.13. The minimum atomic E-state index is 0.355. The number of aryl methyl sites for hydroxylation is 2. The van der Waals surface area contributed by atoms with Crippen molar-refractivity contribution in [2.24, 2.45) is 0 Å². The topological polar surface area (TPSA) is 20.2 Å². The van der Waals surface area contributed by atoms with Gasteiger partial charge < -0.3 is 5.11 Å². The van der Waals surface area contributed by atoms with Gasteiger partial charge in [0.05, 0.1) is 0 Å². The highest BCUT2D eigenvalue weighted by molar-refractivity contribution is 6.18. The molecule has 0 bridgehead atoms. The van der Waals surface area contributed by atoms with Crippen LogP contribution in [0.4, 0.5) is 0 Å². The number of hydrogen-bond acceptors (Lipinski definition) is 1. The van der Waals surface area contributed by atoms with E-state index in [-0.39, 0.29) is 0 Å². The molecule has 0 fully saturated rings. The molecule has 2 heteroatoms. The molecule has 1 N–H and O–H groups in total. The molecule has 1 aromatic rings. The SMILES string of the molecule is Cc1cc(C#CCCCl)cc(C)c1O. The summed E-state index contributed by atoms with van der Waals surface area (Å²) in [5, 5.41) is 9.53. The van der Waals surface area contributed by atoms with Crippen molar-refractivity contribution in [3.05, 3.63) is 28.8 Å². The Morgan fingerprint density at radius 3 is 2.36 bits per heavy atom. The molecule has 0 spiro atoms. The van der Waals surface area contributed by atoms with Gasteiger partial charge in [0.15, 0.2) is 0 Å². The summed E-state index contributed by atoms with van der Waals surface area (Å²) in [5.74, 6) is 6.88. The third kappa shape index (κ3) is 2.68. The molecule has 0 unspecified atom stereocenters. The quantitative estimate of drug-likeness (QED) is 0.556. The second-order valence-electron chi connectivity index (χ2n) is 3.20. The van der Waals surface area contributed by atoms with Gasteiger partial charge in [-0.3, -0.25) is 0 Å². The van der Waals surface area contributed by atoms with E-state index >= 15 is 0 Å². The molecule has 1 nitrogen and oxygen atoms in total. The number of benzene rings is 1. The van der Waals surface area contributed by atoms with Crippen molar-refractivity contribution >= 4 is 11.6 Å². The van der Waals surface area contributed by atoms with E-state index in [1.807, 2.05) is 26.0 Å². The fourth-order valence-electron chi connectivity index (χ4n) is 1.24. The zero-order valence-corrected chi connectivity index (χ0v) is 9.15. The van der Waals surface area contributed by atoms with E-state index in [4.69, 9.17) is 11.6 Å².